The van der Waals surface area contributed by atoms with Crippen LogP contribution in [0.25, 0.3) is 0 Å². The van der Waals surface area contributed by atoms with Crippen LogP contribution >= 0.6 is 11.6 Å². The summed E-state index contributed by atoms with van der Waals surface area (Å²) in [6.45, 7) is 4.49. The molecular formula is C29H33ClN4O6S. The summed E-state index contributed by atoms with van der Waals surface area (Å²) in [5, 5.41) is 14.7. The molecule has 0 heterocycles. The van der Waals surface area contributed by atoms with Gasteiger partial charge in [0, 0.05) is 36.2 Å². The van der Waals surface area contributed by atoms with Gasteiger partial charge in [0.05, 0.1) is 16.9 Å². The Morgan fingerprint density at radius 2 is 1.66 bits per heavy atom. The molecule has 0 spiro atoms. The van der Waals surface area contributed by atoms with E-state index in [2.05, 4.69) is 5.32 Å². The Bertz CT molecular complexity index is 1510. The van der Waals surface area contributed by atoms with Crippen LogP contribution in [0.1, 0.15) is 30.5 Å². The average molecular weight is 601 g/mol. The molecule has 0 aromatic heterocycles. The van der Waals surface area contributed by atoms with Gasteiger partial charge in [0.15, 0.2) is 0 Å². The van der Waals surface area contributed by atoms with Crippen LogP contribution in [-0.4, -0.2) is 54.9 Å². The van der Waals surface area contributed by atoms with Gasteiger partial charge in [0.25, 0.3) is 5.69 Å². The van der Waals surface area contributed by atoms with Gasteiger partial charge in [-0.1, -0.05) is 60.1 Å². The molecule has 218 valence electrons. The van der Waals surface area contributed by atoms with Crippen LogP contribution in [-0.2, 0) is 32.6 Å². The number of aryl methyl sites for hydroxylation is 1. The van der Waals surface area contributed by atoms with Crippen LogP contribution in [0, 0.1) is 17.0 Å². The number of non-ortho nitro benzene ring substituents is 1. The van der Waals surface area contributed by atoms with Crippen molar-refractivity contribution < 1.29 is 22.9 Å². The SMILES string of the molecule is Cc1ccc([N+](=O)[O-])cc1N(CC(=O)N(Cc1cccc(Cl)c1)[C@@H](Cc1ccccc1)C(=O)NC(C)C)S(C)(=O)=O. The van der Waals surface area contributed by atoms with E-state index in [1.165, 1.54) is 17.0 Å². The summed E-state index contributed by atoms with van der Waals surface area (Å²) in [4.78, 5) is 39.8. The topological polar surface area (TPSA) is 130 Å². The minimum absolute atomic E-state index is 0.00370. The second-order valence-corrected chi connectivity index (χ2v) is 12.4. The molecule has 0 aliphatic heterocycles. The largest absolute Gasteiger partial charge is 0.352 e. The molecule has 0 aliphatic rings. The highest BCUT2D eigenvalue weighted by atomic mass is 35.5. The zero-order chi connectivity index (χ0) is 30.3. The summed E-state index contributed by atoms with van der Waals surface area (Å²) in [7, 11) is -4.07. The number of nitro groups is 1. The third-order valence-electron chi connectivity index (χ3n) is 6.30. The van der Waals surface area contributed by atoms with Gasteiger partial charge in [-0.2, -0.15) is 0 Å². The molecule has 0 unspecified atom stereocenters. The molecular weight excluding hydrogens is 568 g/mol. The number of hydrogen-bond acceptors (Lipinski definition) is 6. The number of carbonyl (C=O) groups excluding carboxylic acids is 2. The number of sulfonamides is 1. The van der Waals surface area contributed by atoms with Crippen molar-refractivity contribution in [2.75, 3.05) is 17.1 Å². The smallest absolute Gasteiger partial charge is 0.271 e. The van der Waals surface area contributed by atoms with E-state index >= 15 is 0 Å². The minimum Gasteiger partial charge on any atom is -0.352 e. The van der Waals surface area contributed by atoms with Gasteiger partial charge < -0.3 is 10.2 Å². The molecule has 1 atom stereocenters. The first kappa shape index (κ1) is 31.6. The molecule has 3 rings (SSSR count). The van der Waals surface area contributed by atoms with E-state index in [1.807, 2.05) is 30.3 Å². The number of rotatable bonds is 12. The van der Waals surface area contributed by atoms with Crippen LogP contribution in [0.4, 0.5) is 11.4 Å². The van der Waals surface area contributed by atoms with Gasteiger partial charge in [0.2, 0.25) is 21.8 Å². The van der Waals surface area contributed by atoms with Gasteiger partial charge >= 0.3 is 0 Å². The molecule has 0 fully saturated rings. The lowest BCUT2D eigenvalue weighted by Gasteiger charge is -2.34. The maximum Gasteiger partial charge on any atom is 0.271 e. The molecule has 3 aromatic carbocycles. The molecule has 0 bridgehead atoms. The lowest BCUT2D eigenvalue weighted by molar-refractivity contribution is -0.384. The Hall–Kier alpha value is -3.96. The fraction of sp³-hybridized carbons (Fsp3) is 0.310. The molecule has 41 heavy (non-hydrogen) atoms. The van der Waals surface area contributed by atoms with E-state index in [-0.39, 0.29) is 30.4 Å². The van der Waals surface area contributed by atoms with Crippen molar-refractivity contribution in [3.05, 3.63) is 105 Å². The average Bonchev–Trinajstić information content (AvgIpc) is 2.89. The van der Waals surface area contributed by atoms with E-state index in [0.29, 0.717) is 16.1 Å². The minimum atomic E-state index is -4.07. The molecule has 2 amide bonds. The van der Waals surface area contributed by atoms with Crippen molar-refractivity contribution in [2.45, 2.75) is 45.8 Å². The van der Waals surface area contributed by atoms with Crippen LogP contribution in [0.2, 0.25) is 5.02 Å². The van der Waals surface area contributed by atoms with E-state index in [0.717, 1.165) is 22.2 Å². The number of benzene rings is 3. The number of amides is 2. The Balaban J connectivity index is 2.11. The number of nitrogens with one attached hydrogen (secondary N) is 1. The summed E-state index contributed by atoms with van der Waals surface area (Å²) in [6.07, 6.45) is 1.09. The van der Waals surface area contributed by atoms with E-state index < -0.39 is 39.3 Å². The van der Waals surface area contributed by atoms with Crippen molar-refractivity contribution in [1.29, 1.82) is 0 Å². The first-order valence-electron chi connectivity index (χ1n) is 12.9. The highest BCUT2D eigenvalue weighted by molar-refractivity contribution is 7.92. The van der Waals surface area contributed by atoms with Crippen molar-refractivity contribution in [3.8, 4) is 0 Å². The zero-order valence-electron chi connectivity index (χ0n) is 23.3. The Morgan fingerprint density at radius 1 is 1.00 bits per heavy atom. The van der Waals surface area contributed by atoms with Gasteiger partial charge in [0.1, 0.15) is 12.6 Å². The molecule has 3 aromatic rings. The molecule has 0 saturated carbocycles. The molecule has 0 saturated heterocycles. The zero-order valence-corrected chi connectivity index (χ0v) is 24.9. The Morgan fingerprint density at radius 3 is 2.24 bits per heavy atom. The van der Waals surface area contributed by atoms with Gasteiger partial charge in [-0.3, -0.25) is 24.0 Å². The second-order valence-electron chi connectivity index (χ2n) is 10.0. The van der Waals surface area contributed by atoms with Gasteiger partial charge in [-0.25, -0.2) is 8.42 Å². The lowest BCUT2D eigenvalue weighted by Crippen LogP contribution is -2.54. The first-order valence-corrected chi connectivity index (χ1v) is 15.1. The normalized spacial score (nSPS) is 12.0. The first-order chi connectivity index (χ1) is 19.3. The lowest BCUT2D eigenvalue weighted by atomic mass is 10.0. The number of halogens is 1. The molecule has 1 N–H and O–H groups in total. The maximum atomic E-state index is 14.1. The van der Waals surface area contributed by atoms with Crippen molar-refractivity contribution in [2.24, 2.45) is 0 Å². The van der Waals surface area contributed by atoms with Crippen LogP contribution in [0.3, 0.4) is 0 Å². The summed E-state index contributed by atoms with van der Waals surface area (Å²) < 4.78 is 26.7. The summed E-state index contributed by atoms with van der Waals surface area (Å²) in [6, 6.07) is 18.6. The third-order valence-corrected chi connectivity index (χ3v) is 7.66. The quantitative estimate of drug-likeness (QED) is 0.241. The predicted molar refractivity (Wildman–Crippen MR) is 159 cm³/mol. The molecule has 12 heteroatoms. The highest BCUT2D eigenvalue weighted by Crippen LogP contribution is 2.28. The fourth-order valence-electron chi connectivity index (χ4n) is 4.34. The van der Waals surface area contributed by atoms with Gasteiger partial charge in [-0.05, 0) is 49.6 Å². The molecule has 0 radical (unpaired) electrons. The maximum absolute atomic E-state index is 14.1. The summed E-state index contributed by atoms with van der Waals surface area (Å²) in [5.74, 6) is -1.07. The monoisotopic (exact) mass is 600 g/mol. The van der Waals surface area contributed by atoms with Crippen LogP contribution in [0.15, 0.2) is 72.8 Å². The number of nitrogens with zero attached hydrogens (tertiary/aromatic N) is 3. The second kappa shape index (κ2) is 13.6. The number of hydrogen-bond donors (Lipinski definition) is 1. The number of nitro benzene ring substituents is 1. The number of anilines is 1. The van der Waals surface area contributed by atoms with E-state index in [1.54, 1.807) is 45.0 Å². The molecule has 10 nitrogen and oxygen atoms in total. The number of carbonyl (C=O) groups is 2. The third kappa shape index (κ3) is 8.76. The molecule has 0 aliphatic carbocycles. The van der Waals surface area contributed by atoms with Crippen molar-refractivity contribution >= 4 is 44.8 Å². The Kier molecular flexibility index (Phi) is 10.5. The van der Waals surface area contributed by atoms with E-state index in [4.69, 9.17) is 11.6 Å². The predicted octanol–water partition coefficient (Wildman–Crippen LogP) is 4.49. The fourth-order valence-corrected chi connectivity index (χ4v) is 5.45. The van der Waals surface area contributed by atoms with Crippen LogP contribution in [0.5, 0.6) is 0 Å². The standard InChI is InChI=1S/C29H33ClN4O6S/c1-20(2)31-29(36)27(16-22-9-6-5-7-10-22)32(18-23-11-8-12-24(30)15-23)28(35)19-33(41(4,39)40)26-17-25(34(37)38)14-13-21(26)3/h5-15,17,20,27H,16,18-19H2,1-4H3,(H,31,36)/t27-/m0/s1. The summed E-state index contributed by atoms with van der Waals surface area (Å²) >= 11 is 6.21. The summed E-state index contributed by atoms with van der Waals surface area (Å²) in [5.41, 5.74) is 1.55. The van der Waals surface area contributed by atoms with Gasteiger partial charge in [-0.15, -0.1) is 0 Å². The van der Waals surface area contributed by atoms with Crippen molar-refractivity contribution in [3.63, 3.8) is 0 Å². The Labute approximate surface area is 245 Å². The van der Waals surface area contributed by atoms with Crippen molar-refractivity contribution in [1.82, 2.24) is 10.2 Å². The highest BCUT2D eigenvalue weighted by Gasteiger charge is 2.34. The van der Waals surface area contributed by atoms with E-state index in [9.17, 15) is 28.1 Å². The van der Waals surface area contributed by atoms with Crippen LogP contribution < -0.4 is 9.62 Å².